The van der Waals surface area contributed by atoms with Crippen molar-refractivity contribution >= 4 is 0 Å². The maximum Gasteiger partial charge on any atom is 0.126 e. The zero-order valence-electron chi connectivity index (χ0n) is 62.2. The van der Waals surface area contributed by atoms with Crippen LogP contribution in [0.25, 0.3) is 0 Å². The van der Waals surface area contributed by atoms with Gasteiger partial charge in [-0.2, -0.15) is 0 Å². The van der Waals surface area contributed by atoms with Gasteiger partial charge in [-0.05, 0) is 125 Å². The zero-order valence-corrected chi connectivity index (χ0v) is 62.2. The fourth-order valence-corrected chi connectivity index (χ4v) is 14.8. The molecular formula is C86H114O12. The first kappa shape index (κ1) is 71.7. The lowest BCUT2D eigenvalue weighted by molar-refractivity contribution is -0.120. The summed E-state index contributed by atoms with van der Waals surface area (Å²) in [6.07, 6.45) is 3.90. The van der Waals surface area contributed by atoms with E-state index >= 15 is 0 Å². The largest absolute Gasteiger partial charge is 0.493 e. The SMILES string of the molecule is CCC(C)(Cc1cc(C(C)(C)c2ccc(OCC3(C)COC3)cc2)cc(C(CC)(CC)Cc2cc(C(C)(C)c3ccc(OCC4(C)COC4)cc3)ccc2OCC2(C)COC2)c1OCC1(C)COC1)c1cc(C(C)(C)c2ccc(OCC3(C)COC3)cc2)ccc1OCC1(C)COC1. The molecule has 530 valence electrons. The minimum atomic E-state index is -0.469. The number of hydrogen-bond acceptors (Lipinski definition) is 12. The third-order valence-corrected chi connectivity index (χ3v) is 23.4. The van der Waals surface area contributed by atoms with Gasteiger partial charge >= 0.3 is 0 Å². The number of benzene rings is 6. The Balaban J connectivity index is 0.987. The maximum absolute atomic E-state index is 7.75. The number of rotatable bonds is 33. The predicted molar refractivity (Wildman–Crippen MR) is 389 cm³/mol. The molecule has 6 aromatic rings. The van der Waals surface area contributed by atoms with E-state index in [4.69, 9.17) is 56.8 Å². The van der Waals surface area contributed by atoms with E-state index in [0.29, 0.717) is 105 Å². The summed E-state index contributed by atoms with van der Waals surface area (Å²) in [7, 11) is 0. The molecule has 6 fully saturated rings. The van der Waals surface area contributed by atoms with Gasteiger partial charge in [-0.25, -0.2) is 0 Å². The van der Waals surface area contributed by atoms with E-state index in [-0.39, 0.29) is 43.3 Å². The third-order valence-electron chi connectivity index (χ3n) is 23.4. The predicted octanol–water partition coefficient (Wildman–Crippen LogP) is 17.4. The summed E-state index contributed by atoms with van der Waals surface area (Å²) in [5, 5.41) is 0. The lowest BCUT2D eigenvalue weighted by Gasteiger charge is -2.42. The summed E-state index contributed by atoms with van der Waals surface area (Å²) >= 11 is 0. The molecule has 0 spiro atoms. The minimum absolute atomic E-state index is 0.0240. The second kappa shape index (κ2) is 27.7. The van der Waals surface area contributed by atoms with Gasteiger partial charge in [0.05, 0.1) is 119 Å². The quantitative estimate of drug-likeness (QED) is 0.0391. The molecule has 6 aliphatic heterocycles. The molecular weight excluding hydrogens is 1220 g/mol. The lowest BCUT2D eigenvalue weighted by Crippen LogP contribution is -2.45. The van der Waals surface area contributed by atoms with Crippen LogP contribution in [0.4, 0.5) is 0 Å². The highest BCUT2D eigenvalue weighted by Crippen LogP contribution is 2.52. The van der Waals surface area contributed by atoms with Crippen LogP contribution in [-0.2, 0) is 68.3 Å². The summed E-state index contributed by atoms with van der Waals surface area (Å²) in [6.45, 7) is 49.0. The van der Waals surface area contributed by atoms with E-state index in [1.807, 2.05) is 0 Å². The van der Waals surface area contributed by atoms with Crippen molar-refractivity contribution in [2.45, 2.75) is 170 Å². The van der Waals surface area contributed by atoms with E-state index in [0.717, 1.165) is 80.2 Å². The van der Waals surface area contributed by atoms with Crippen LogP contribution >= 0.6 is 0 Å². The smallest absolute Gasteiger partial charge is 0.126 e. The zero-order chi connectivity index (χ0) is 69.6. The van der Waals surface area contributed by atoms with Gasteiger partial charge in [-0.15, -0.1) is 0 Å². The van der Waals surface area contributed by atoms with Crippen LogP contribution in [0.3, 0.4) is 0 Å². The van der Waals surface area contributed by atoms with Gasteiger partial charge in [-0.3, -0.25) is 0 Å². The fourth-order valence-electron chi connectivity index (χ4n) is 14.8. The summed E-state index contributed by atoms with van der Waals surface area (Å²) in [5.74, 6) is 5.39. The third kappa shape index (κ3) is 15.1. The van der Waals surface area contributed by atoms with Gasteiger partial charge in [0.15, 0.2) is 0 Å². The van der Waals surface area contributed by atoms with E-state index in [1.165, 1.54) is 55.6 Å². The van der Waals surface area contributed by atoms with Gasteiger partial charge in [0.2, 0.25) is 0 Å². The monoisotopic (exact) mass is 1340 g/mol. The molecule has 12 heteroatoms. The minimum Gasteiger partial charge on any atom is -0.493 e. The van der Waals surface area contributed by atoms with E-state index in [1.54, 1.807) is 0 Å². The number of ether oxygens (including phenoxy) is 12. The van der Waals surface area contributed by atoms with E-state index < -0.39 is 16.2 Å². The van der Waals surface area contributed by atoms with E-state index in [2.05, 4.69) is 232 Å². The topological polar surface area (TPSA) is 111 Å². The highest BCUT2D eigenvalue weighted by Gasteiger charge is 2.44. The second-order valence-electron chi connectivity index (χ2n) is 34.8. The molecule has 1 atom stereocenters. The first-order valence-corrected chi connectivity index (χ1v) is 36.5. The van der Waals surface area contributed by atoms with Crippen molar-refractivity contribution in [3.8, 4) is 34.5 Å². The molecule has 0 radical (unpaired) electrons. The van der Waals surface area contributed by atoms with Crippen molar-refractivity contribution in [1.29, 1.82) is 0 Å². The van der Waals surface area contributed by atoms with Gasteiger partial charge < -0.3 is 56.8 Å². The van der Waals surface area contributed by atoms with Crippen molar-refractivity contribution in [2.75, 3.05) is 119 Å². The summed E-state index contributed by atoms with van der Waals surface area (Å²) in [4.78, 5) is 0. The Hall–Kier alpha value is -6.12. The van der Waals surface area contributed by atoms with Gasteiger partial charge in [0.1, 0.15) is 34.5 Å². The molecule has 12 rings (SSSR count). The Morgan fingerprint density at radius 1 is 0.306 bits per heavy atom. The highest BCUT2D eigenvalue weighted by molar-refractivity contribution is 5.57. The van der Waals surface area contributed by atoms with Gasteiger partial charge in [0.25, 0.3) is 0 Å². The Bertz CT molecular complexity index is 3700. The molecule has 6 heterocycles. The standard InChI is InChI=1S/C86H114O12/c1-17-85(16,71-38-66(27-35-74(71)97-58-83(14)50-91-51-83)77(6,7)63-22-30-69(31-23-63)94-55-80(11)44-88-45-80)40-61-37-67(78(8,9)64-24-32-70(33-25-64)95-56-81(12)46-89-47-81)39-72(75(61)98-59-84(15)52-92-53-84)86(18-2,19-3)41-60-36-65(26-34-73(60)96-57-82(13)48-90-49-82)76(4,5)62-20-28-68(29-21-62)93-54-79(10)42-87-43-79/h20-39H,17-19,40-59H2,1-16H3. The highest BCUT2D eigenvalue weighted by atomic mass is 16.5. The van der Waals surface area contributed by atoms with Crippen LogP contribution in [0.5, 0.6) is 34.5 Å². The van der Waals surface area contributed by atoms with Crippen LogP contribution in [0.15, 0.2) is 121 Å². The molecule has 6 saturated heterocycles. The molecule has 98 heavy (non-hydrogen) atoms. The van der Waals surface area contributed by atoms with Crippen molar-refractivity contribution in [3.63, 3.8) is 0 Å². The average molecular weight is 1340 g/mol. The molecule has 0 amide bonds. The molecule has 0 aromatic heterocycles. The molecule has 1 unspecified atom stereocenters. The molecule has 0 aliphatic carbocycles. The molecule has 12 nitrogen and oxygen atoms in total. The first-order valence-electron chi connectivity index (χ1n) is 36.5. The molecule has 0 saturated carbocycles. The van der Waals surface area contributed by atoms with E-state index in [9.17, 15) is 0 Å². The van der Waals surface area contributed by atoms with Crippen LogP contribution in [-0.4, -0.2) is 119 Å². The van der Waals surface area contributed by atoms with Crippen molar-refractivity contribution < 1.29 is 56.8 Å². The Morgan fingerprint density at radius 3 is 0.969 bits per heavy atom. The molecule has 0 N–H and O–H groups in total. The summed E-state index contributed by atoms with van der Waals surface area (Å²) in [5.41, 5.74) is 9.77. The lowest BCUT2D eigenvalue weighted by atomic mass is 9.66. The maximum atomic E-state index is 7.75. The number of hydrogen-bond donors (Lipinski definition) is 0. The average Bonchev–Trinajstić information content (AvgIpc) is 0.739. The molecule has 6 aromatic carbocycles. The van der Waals surface area contributed by atoms with Crippen LogP contribution in [0.2, 0.25) is 0 Å². The van der Waals surface area contributed by atoms with Crippen LogP contribution in [0.1, 0.15) is 186 Å². The van der Waals surface area contributed by atoms with Crippen molar-refractivity contribution in [2.24, 2.45) is 32.5 Å². The molecule has 6 aliphatic rings. The second-order valence-corrected chi connectivity index (χ2v) is 34.8. The van der Waals surface area contributed by atoms with Gasteiger partial charge in [-0.1, -0.05) is 184 Å². The first-order chi connectivity index (χ1) is 46.5. The molecule has 0 bridgehead atoms. The van der Waals surface area contributed by atoms with Gasteiger partial charge in [0, 0.05) is 70.7 Å². The normalized spacial score (nSPS) is 20.1. The summed E-state index contributed by atoms with van der Waals surface area (Å²) in [6, 6.07) is 45.3. The summed E-state index contributed by atoms with van der Waals surface area (Å²) < 4.78 is 75.5. The van der Waals surface area contributed by atoms with Crippen molar-refractivity contribution in [3.05, 3.63) is 177 Å². The Morgan fingerprint density at radius 2 is 0.612 bits per heavy atom. The Labute approximate surface area is 586 Å². The fraction of sp³-hybridized carbons (Fsp3) is 0.581. The van der Waals surface area contributed by atoms with Crippen molar-refractivity contribution in [1.82, 2.24) is 0 Å². The van der Waals surface area contributed by atoms with Crippen LogP contribution < -0.4 is 28.4 Å². The Kier molecular flexibility index (Phi) is 20.2. The van der Waals surface area contributed by atoms with Crippen LogP contribution in [0, 0.1) is 32.5 Å².